The van der Waals surface area contributed by atoms with Crippen LogP contribution < -0.4 is 10.0 Å². The summed E-state index contributed by atoms with van der Waals surface area (Å²) in [4.78, 5) is 30.6. The number of sulfonamides is 1. The Morgan fingerprint density at radius 3 is 2.57 bits per heavy atom. The Labute approximate surface area is 205 Å². The van der Waals surface area contributed by atoms with Crippen molar-refractivity contribution in [3.63, 3.8) is 0 Å². The monoisotopic (exact) mass is 492 g/mol. The van der Waals surface area contributed by atoms with Crippen molar-refractivity contribution in [3.8, 4) is 11.3 Å². The molecule has 0 unspecified atom stereocenters. The first kappa shape index (κ1) is 24.6. The van der Waals surface area contributed by atoms with Gasteiger partial charge in [-0.2, -0.15) is 0 Å². The largest absolute Gasteiger partial charge is 0.343 e. The molecule has 2 aromatic carbocycles. The van der Waals surface area contributed by atoms with Crippen LogP contribution in [0.5, 0.6) is 0 Å². The molecule has 1 aliphatic heterocycles. The minimum atomic E-state index is -3.70. The van der Waals surface area contributed by atoms with E-state index in [2.05, 4.69) is 15.0 Å². The lowest BCUT2D eigenvalue weighted by Crippen LogP contribution is -2.30. The molecule has 2 heterocycles. The van der Waals surface area contributed by atoms with E-state index >= 15 is 0 Å². The van der Waals surface area contributed by atoms with Crippen molar-refractivity contribution in [2.75, 3.05) is 25.0 Å². The van der Waals surface area contributed by atoms with E-state index in [1.807, 2.05) is 43.3 Å². The van der Waals surface area contributed by atoms with Gasteiger partial charge in [-0.15, -0.1) is 0 Å². The van der Waals surface area contributed by atoms with Gasteiger partial charge in [-0.1, -0.05) is 12.1 Å². The maximum Gasteiger partial charge on any atom is 0.255 e. The number of hydrogen-bond donors (Lipinski definition) is 2. The highest BCUT2D eigenvalue weighted by Crippen LogP contribution is 2.25. The highest BCUT2D eigenvalue weighted by Gasteiger charge is 2.20. The zero-order valence-electron chi connectivity index (χ0n) is 19.5. The predicted octanol–water partition coefficient (Wildman–Crippen LogP) is 3.60. The molecule has 0 bridgehead atoms. The van der Waals surface area contributed by atoms with Gasteiger partial charge < -0.3 is 10.2 Å². The van der Waals surface area contributed by atoms with Gasteiger partial charge in [0.05, 0.1) is 10.6 Å². The first-order chi connectivity index (χ1) is 16.8. The molecule has 0 radical (unpaired) electrons. The Kier molecular flexibility index (Phi) is 7.57. The van der Waals surface area contributed by atoms with Crippen molar-refractivity contribution < 1.29 is 18.0 Å². The molecule has 9 heteroatoms. The van der Waals surface area contributed by atoms with Crippen LogP contribution in [0.15, 0.2) is 71.8 Å². The Morgan fingerprint density at radius 2 is 1.89 bits per heavy atom. The van der Waals surface area contributed by atoms with Crippen molar-refractivity contribution in [3.05, 3.63) is 78.0 Å². The minimum absolute atomic E-state index is 0.0825. The van der Waals surface area contributed by atoms with E-state index in [1.165, 1.54) is 24.3 Å². The van der Waals surface area contributed by atoms with E-state index in [-0.39, 0.29) is 23.3 Å². The molecule has 8 nitrogen and oxygen atoms in total. The Balaban J connectivity index is 1.36. The van der Waals surface area contributed by atoms with Crippen molar-refractivity contribution in [2.24, 2.45) is 0 Å². The summed E-state index contributed by atoms with van der Waals surface area (Å²) in [5, 5.41) is 2.86. The number of anilines is 1. The quantitative estimate of drug-likeness (QED) is 0.444. The van der Waals surface area contributed by atoms with E-state index in [9.17, 15) is 18.0 Å². The number of likely N-dealkylation sites (tertiary alicyclic amines) is 1. The van der Waals surface area contributed by atoms with Crippen LogP contribution in [0.2, 0.25) is 0 Å². The Morgan fingerprint density at radius 1 is 1.09 bits per heavy atom. The SMILES string of the molecule is Cc1ccc(NC(=O)c2ccc(S(=O)(=O)NCCCN3CCCC3=O)cc2)cc1-c1ccccn1. The average molecular weight is 493 g/mol. The van der Waals surface area contributed by atoms with Crippen LogP contribution in [0.25, 0.3) is 11.3 Å². The minimum Gasteiger partial charge on any atom is -0.343 e. The topological polar surface area (TPSA) is 108 Å². The number of amides is 2. The van der Waals surface area contributed by atoms with Crippen molar-refractivity contribution >= 4 is 27.5 Å². The van der Waals surface area contributed by atoms with Gasteiger partial charge in [0.25, 0.3) is 5.91 Å². The maximum absolute atomic E-state index is 12.7. The Bertz CT molecular complexity index is 1310. The van der Waals surface area contributed by atoms with Gasteiger partial charge in [-0.05, 0) is 73.9 Å². The molecular formula is C26H28N4O4S. The van der Waals surface area contributed by atoms with Gasteiger partial charge in [0.1, 0.15) is 0 Å². The molecule has 1 aromatic heterocycles. The second-order valence-corrected chi connectivity index (χ2v) is 10.2. The second kappa shape index (κ2) is 10.8. The molecule has 2 N–H and O–H groups in total. The highest BCUT2D eigenvalue weighted by molar-refractivity contribution is 7.89. The third-order valence-electron chi connectivity index (χ3n) is 5.93. The van der Waals surface area contributed by atoms with Gasteiger partial charge in [-0.3, -0.25) is 14.6 Å². The van der Waals surface area contributed by atoms with Gasteiger partial charge in [0.2, 0.25) is 15.9 Å². The smallest absolute Gasteiger partial charge is 0.255 e. The maximum atomic E-state index is 12.7. The molecule has 0 spiro atoms. The molecule has 1 aliphatic rings. The summed E-state index contributed by atoms with van der Waals surface area (Å²) in [6, 6.07) is 17.1. The molecule has 35 heavy (non-hydrogen) atoms. The van der Waals surface area contributed by atoms with Crippen molar-refractivity contribution in [1.29, 1.82) is 0 Å². The number of nitrogens with one attached hydrogen (secondary N) is 2. The molecule has 182 valence electrons. The van der Waals surface area contributed by atoms with Crippen LogP contribution in [-0.4, -0.2) is 49.8 Å². The molecule has 1 fully saturated rings. The summed E-state index contributed by atoms with van der Waals surface area (Å²) in [5.41, 5.74) is 3.74. The third-order valence-corrected chi connectivity index (χ3v) is 7.41. The lowest BCUT2D eigenvalue weighted by atomic mass is 10.0. The summed E-state index contributed by atoms with van der Waals surface area (Å²) in [7, 11) is -3.70. The molecule has 0 saturated carbocycles. The van der Waals surface area contributed by atoms with Crippen molar-refractivity contribution in [2.45, 2.75) is 31.1 Å². The summed E-state index contributed by atoms with van der Waals surface area (Å²) >= 11 is 0. The van der Waals surface area contributed by atoms with Crippen LogP contribution >= 0.6 is 0 Å². The molecular weight excluding hydrogens is 464 g/mol. The third kappa shape index (κ3) is 6.12. The van der Waals surface area contributed by atoms with E-state index in [0.717, 1.165) is 29.8 Å². The summed E-state index contributed by atoms with van der Waals surface area (Å²) in [6.45, 7) is 3.50. The van der Waals surface area contributed by atoms with Gasteiger partial charge in [-0.25, -0.2) is 13.1 Å². The fourth-order valence-electron chi connectivity index (χ4n) is 3.99. The Hall–Kier alpha value is -3.56. The summed E-state index contributed by atoms with van der Waals surface area (Å²) in [6.07, 6.45) is 3.70. The number of aryl methyl sites for hydroxylation is 1. The molecule has 0 aliphatic carbocycles. The normalized spacial score (nSPS) is 13.7. The molecule has 0 atom stereocenters. The molecule has 1 saturated heterocycles. The van der Waals surface area contributed by atoms with Gasteiger partial charge >= 0.3 is 0 Å². The van der Waals surface area contributed by atoms with E-state index in [0.29, 0.717) is 30.6 Å². The van der Waals surface area contributed by atoms with Crippen LogP contribution in [0.1, 0.15) is 35.2 Å². The molecule has 2 amide bonds. The van der Waals surface area contributed by atoms with E-state index < -0.39 is 10.0 Å². The average Bonchev–Trinajstić information content (AvgIpc) is 3.28. The molecule has 3 aromatic rings. The van der Waals surface area contributed by atoms with Crippen LogP contribution in [0.3, 0.4) is 0 Å². The lowest BCUT2D eigenvalue weighted by Gasteiger charge is -2.15. The lowest BCUT2D eigenvalue weighted by molar-refractivity contribution is -0.127. The highest BCUT2D eigenvalue weighted by atomic mass is 32.2. The van der Waals surface area contributed by atoms with Gasteiger partial charge in [0.15, 0.2) is 0 Å². The summed E-state index contributed by atoms with van der Waals surface area (Å²) in [5.74, 6) is -0.215. The van der Waals surface area contributed by atoms with Crippen LogP contribution in [0, 0.1) is 6.92 Å². The second-order valence-electron chi connectivity index (χ2n) is 8.46. The van der Waals surface area contributed by atoms with E-state index in [4.69, 9.17) is 0 Å². The van der Waals surface area contributed by atoms with E-state index in [1.54, 1.807) is 11.1 Å². The number of benzene rings is 2. The number of carbonyl (C=O) groups is 2. The zero-order valence-corrected chi connectivity index (χ0v) is 20.3. The van der Waals surface area contributed by atoms with Crippen LogP contribution in [-0.2, 0) is 14.8 Å². The number of pyridine rings is 1. The first-order valence-corrected chi connectivity index (χ1v) is 13.0. The zero-order chi connectivity index (χ0) is 24.8. The number of aromatic nitrogens is 1. The first-order valence-electron chi connectivity index (χ1n) is 11.5. The summed E-state index contributed by atoms with van der Waals surface area (Å²) < 4.78 is 27.7. The molecule has 4 rings (SSSR count). The number of hydrogen-bond acceptors (Lipinski definition) is 5. The number of rotatable bonds is 9. The van der Waals surface area contributed by atoms with Crippen molar-refractivity contribution in [1.82, 2.24) is 14.6 Å². The number of carbonyl (C=O) groups excluding carboxylic acids is 2. The van der Waals surface area contributed by atoms with Crippen LogP contribution in [0.4, 0.5) is 5.69 Å². The number of nitrogens with zero attached hydrogens (tertiary/aromatic N) is 2. The predicted molar refractivity (Wildman–Crippen MR) is 134 cm³/mol. The fourth-order valence-corrected chi connectivity index (χ4v) is 5.06. The standard InChI is InChI=1S/C26H28N4O4S/c1-19-8-11-21(18-23(19)24-6-2-3-14-27-24)29-26(32)20-9-12-22(13-10-20)35(33,34)28-15-5-17-30-16-4-7-25(30)31/h2-3,6,8-14,18,28H,4-5,7,15-17H2,1H3,(H,29,32). The van der Waals surface area contributed by atoms with Gasteiger partial charge in [0, 0.05) is 49.1 Å². The fraction of sp³-hybridized carbons (Fsp3) is 0.269.